The third-order valence-corrected chi connectivity index (χ3v) is 4.31. The summed E-state index contributed by atoms with van der Waals surface area (Å²) in [6.07, 6.45) is 2.32. The average molecular weight is 200 g/mol. The molecule has 0 aliphatic carbocycles. The minimum absolute atomic E-state index is 0.0608. The van der Waals surface area contributed by atoms with E-state index in [-0.39, 0.29) is 16.4 Å². The summed E-state index contributed by atoms with van der Waals surface area (Å²) in [4.78, 5) is 0. The topological polar surface area (TPSA) is 9.23 Å². The molecule has 0 aromatic rings. The van der Waals surface area contributed by atoms with Crippen molar-refractivity contribution in [1.29, 1.82) is 0 Å². The van der Waals surface area contributed by atoms with Gasteiger partial charge >= 0.3 is 0 Å². The standard InChI is InChI=1S/C13H28O/c1-9-13(10-2,11(3,4)5)12(6,7)14-8/h9-10H2,1-8H3. The minimum atomic E-state index is -0.0608. The molecule has 0 amide bonds. The van der Waals surface area contributed by atoms with E-state index in [4.69, 9.17) is 4.74 Å². The lowest BCUT2D eigenvalue weighted by Crippen LogP contribution is -2.52. The number of rotatable bonds is 4. The van der Waals surface area contributed by atoms with Crippen molar-refractivity contribution in [3.8, 4) is 0 Å². The van der Waals surface area contributed by atoms with Crippen LogP contribution in [0.1, 0.15) is 61.3 Å². The fourth-order valence-corrected chi connectivity index (χ4v) is 3.26. The fraction of sp³-hybridized carbons (Fsp3) is 1.00. The summed E-state index contributed by atoms with van der Waals surface area (Å²) < 4.78 is 5.71. The molecule has 1 nitrogen and oxygen atoms in total. The van der Waals surface area contributed by atoms with Crippen LogP contribution in [0.2, 0.25) is 0 Å². The summed E-state index contributed by atoms with van der Waals surface area (Å²) in [6.45, 7) is 15.9. The second kappa shape index (κ2) is 4.22. The molecule has 0 saturated heterocycles. The van der Waals surface area contributed by atoms with Gasteiger partial charge in [-0.1, -0.05) is 34.6 Å². The van der Waals surface area contributed by atoms with E-state index in [1.165, 1.54) is 0 Å². The molecule has 0 heterocycles. The van der Waals surface area contributed by atoms with Crippen molar-refractivity contribution in [2.45, 2.75) is 66.9 Å². The van der Waals surface area contributed by atoms with Gasteiger partial charge in [0.1, 0.15) is 0 Å². The van der Waals surface area contributed by atoms with Gasteiger partial charge in [-0.25, -0.2) is 0 Å². The SMILES string of the molecule is CCC(CC)(C(C)(C)C)C(C)(C)OC. The van der Waals surface area contributed by atoms with Crippen LogP contribution in [0.4, 0.5) is 0 Å². The molecule has 0 saturated carbocycles. The predicted octanol–water partition coefficient (Wildman–Crippen LogP) is 4.26. The van der Waals surface area contributed by atoms with Crippen LogP contribution < -0.4 is 0 Å². The molecule has 0 bridgehead atoms. The molecule has 0 aliphatic rings. The lowest BCUT2D eigenvalue weighted by Gasteiger charge is -2.53. The lowest BCUT2D eigenvalue weighted by atomic mass is 9.55. The van der Waals surface area contributed by atoms with E-state index < -0.39 is 0 Å². The Kier molecular flexibility index (Phi) is 4.21. The molecule has 0 unspecified atom stereocenters. The first-order valence-corrected chi connectivity index (χ1v) is 5.73. The van der Waals surface area contributed by atoms with E-state index in [0.717, 1.165) is 12.8 Å². The lowest BCUT2D eigenvalue weighted by molar-refractivity contribution is -0.144. The molecule has 14 heavy (non-hydrogen) atoms. The Balaban J connectivity index is 5.29. The maximum Gasteiger partial charge on any atom is 0.0683 e. The highest BCUT2D eigenvalue weighted by molar-refractivity contribution is 5.00. The predicted molar refractivity (Wildman–Crippen MR) is 63.6 cm³/mol. The first-order chi connectivity index (χ1) is 6.18. The second-order valence-electron chi connectivity index (χ2n) is 5.75. The fourth-order valence-electron chi connectivity index (χ4n) is 3.26. The summed E-state index contributed by atoms with van der Waals surface area (Å²) in [5.74, 6) is 0. The Morgan fingerprint density at radius 2 is 1.21 bits per heavy atom. The van der Waals surface area contributed by atoms with E-state index in [9.17, 15) is 0 Å². The normalized spacial score (nSPS) is 14.6. The van der Waals surface area contributed by atoms with Crippen LogP contribution >= 0.6 is 0 Å². The summed E-state index contributed by atoms with van der Waals surface area (Å²) in [5, 5.41) is 0. The molecule has 86 valence electrons. The third-order valence-electron chi connectivity index (χ3n) is 4.31. The smallest absolute Gasteiger partial charge is 0.0683 e. The molecular formula is C13H28O. The molecule has 0 fully saturated rings. The van der Waals surface area contributed by atoms with Crippen molar-refractivity contribution in [2.75, 3.05) is 7.11 Å². The van der Waals surface area contributed by atoms with Crippen LogP contribution in [-0.4, -0.2) is 12.7 Å². The molecule has 0 rings (SSSR count). The van der Waals surface area contributed by atoms with Gasteiger partial charge in [0, 0.05) is 12.5 Å². The minimum Gasteiger partial charge on any atom is -0.378 e. The van der Waals surface area contributed by atoms with E-state index in [1.807, 2.05) is 7.11 Å². The molecule has 0 radical (unpaired) electrons. The molecular weight excluding hydrogens is 172 g/mol. The van der Waals surface area contributed by atoms with Crippen LogP contribution in [0.5, 0.6) is 0 Å². The molecule has 0 aromatic carbocycles. The zero-order valence-electron chi connectivity index (χ0n) is 11.3. The van der Waals surface area contributed by atoms with Gasteiger partial charge < -0.3 is 4.74 Å². The second-order valence-corrected chi connectivity index (χ2v) is 5.75. The Morgan fingerprint density at radius 3 is 1.29 bits per heavy atom. The number of ether oxygens (including phenoxy) is 1. The van der Waals surface area contributed by atoms with Crippen molar-refractivity contribution in [3.63, 3.8) is 0 Å². The quantitative estimate of drug-likeness (QED) is 0.658. The number of hydrogen-bond donors (Lipinski definition) is 0. The van der Waals surface area contributed by atoms with Crippen molar-refractivity contribution in [3.05, 3.63) is 0 Å². The maximum absolute atomic E-state index is 5.71. The average Bonchev–Trinajstić information content (AvgIpc) is 2.04. The first kappa shape index (κ1) is 14.0. The van der Waals surface area contributed by atoms with Gasteiger partial charge in [-0.3, -0.25) is 0 Å². The van der Waals surface area contributed by atoms with Crippen molar-refractivity contribution < 1.29 is 4.74 Å². The number of methoxy groups -OCH3 is 1. The van der Waals surface area contributed by atoms with E-state index >= 15 is 0 Å². The number of hydrogen-bond acceptors (Lipinski definition) is 1. The molecule has 0 aliphatic heterocycles. The first-order valence-electron chi connectivity index (χ1n) is 5.73. The highest BCUT2D eigenvalue weighted by atomic mass is 16.5. The van der Waals surface area contributed by atoms with Gasteiger partial charge in [0.25, 0.3) is 0 Å². The van der Waals surface area contributed by atoms with Gasteiger partial charge in [-0.05, 0) is 32.1 Å². The summed E-state index contributed by atoms with van der Waals surface area (Å²) in [7, 11) is 1.83. The largest absolute Gasteiger partial charge is 0.378 e. The zero-order valence-corrected chi connectivity index (χ0v) is 11.3. The third kappa shape index (κ3) is 1.98. The molecule has 0 aromatic heterocycles. The van der Waals surface area contributed by atoms with Crippen molar-refractivity contribution in [2.24, 2.45) is 10.8 Å². The maximum atomic E-state index is 5.71. The summed E-state index contributed by atoms with van der Waals surface area (Å²) >= 11 is 0. The Morgan fingerprint density at radius 1 is 0.857 bits per heavy atom. The summed E-state index contributed by atoms with van der Waals surface area (Å²) in [5.41, 5.74) is 0.458. The molecule has 0 N–H and O–H groups in total. The Labute approximate surface area is 90.2 Å². The van der Waals surface area contributed by atoms with E-state index in [1.54, 1.807) is 0 Å². The molecule has 0 atom stereocenters. The van der Waals surface area contributed by atoms with Crippen LogP contribution in [0.3, 0.4) is 0 Å². The zero-order chi connectivity index (χ0) is 11.6. The van der Waals surface area contributed by atoms with Gasteiger partial charge in [-0.2, -0.15) is 0 Å². The van der Waals surface area contributed by atoms with Gasteiger partial charge in [-0.15, -0.1) is 0 Å². The van der Waals surface area contributed by atoms with Crippen molar-refractivity contribution in [1.82, 2.24) is 0 Å². The van der Waals surface area contributed by atoms with Crippen LogP contribution in [0.25, 0.3) is 0 Å². The Bertz CT molecular complexity index is 170. The Hall–Kier alpha value is -0.0400. The van der Waals surface area contributed by atoms with Crippen LogP contribution in [0.15, 0.2) is 0 Å². The molecule has 0 spiro atoms. The highest BCUT2D eigenvalue weighted by Gasteiger charge is 2.50. The van der Waals surface area contributed by atoms with Crippen molar-refractivity contribution >= 4 is 0 Å². The van der Waals surface area contributed by atoms with E-state index in [2.05, 4.69) is 48.5 Å². The summed E-state index contributed by atoms with van der Waals surface area (Å²) in [6, 6.07) is 0. The van der Waals surface area contributed by atoms with Gasteiger partial charge in [0.15, 0.2) is 0 Å². The van der Waals surface area contributed by atoms with Gasteiger partial charge in [0.05, 0.1) is 5.60 Å². The van der Waals surface area contributed by atoms with Crippen LogP contribution in [-0.2, 0) is 4.74 Å². The monoisotopic (exact) mass is 200 g/mol. The van der Waals surface area contributed by atoms with Gasteiger partial charge in [0.2, 0.25) is 0 Å². The van der Waals surface area contributed by atoms with E-state index in [0.29, 0.717) is 0 Å². The highest BCUT2D eigenvalue weighted by Crippen LogP contribution is 2.53. The van der Waals surface area contributed by atoms with Crippen LogP contribution in [0, 0.1) is 10.8 Å². The molecule has 1 heteroatoms.